The summed E-state index contributed by atoms with van der Waals surface area (Å²) in [6.45, 7) is 6.06. The fourth-order valence-corrected chi connectivity index (χ4v) is 4.90. The molecule has 0 saturated carbocycles. The number of benzene rings is 2. The van der Waals surface area contributed by atoms with E-state index in [0.717, 1.165) is 22.3 Å². The average Bonchev–Trinajstić information content (AvgIpc) is 3.27. The standard InChI is InChI=1S/C26H30N2O5/c1-16-13-28(15-26(16,3)24(30)31)23(29)12-17(2)27-25(32)33-14-22-20-10-6-4-8-18(20)19-9-5-7-11-21(19)22/h4-11,16-17,22H,12-15H2,1-3H3,(H,27,32)(H,30,31)/t16-,17?,26-/m1/s1. The van der Waals surface area contributed by atoms with Gasteiger partial charge in [0, 0.05) is 31.5 Å². The number of aliphatic carboxylic acids is 1. The van der Waals surface area contributed by atoms with Crippen LogP contribution in [0.1, 0.15) is 44.2 Å². The minimum Gasteiger partial charge on any atom is -0.481 e. The zero-order chi connectivity index (χ0) is 23.8. The Morgan fingerprint density at radius 3 is 2.24 bits per heavy atom. The summed E-state index contributed by atoms with van der Waals surface area (Å²) >= 11 is 0. The van der Waals surface area contributed by atoms with E-state index in [-0.39, 0.29) is 37.3 Å². The summed E-state index contributed by atoms with van der Waals surface area (Å²) < 4.78 is 5.55. The van der Waals surface area contributed by atoms with Crippen molar-refractivity contribution in [2.24, 2.45) is 11.3 Å². The molecule has 1 unspecified atom stereocenters. The van der Waals surface area contributed by atoms with Crippen LogP contribution in [0.4, 0.5) is 4.79 Å². The van der Waals surface area contributed by atoms with Crippen molar-refractivity contribution in [3.05, 3.63) is 59.7 Å². The summed E-state index contributed by atoms with van der Waals surface area (Å²) in [4.78, 5) is 38.3. The van der Waals surface area contributed by atoms with Crippen molar-refractivity contribution in [3.63, 3.8) is 0 Å². The highest BCUT2D eigenvalue weighted by Crippen LogP contribution is 2.44. The van der Waals surface area contributed by atoms with Crippen molar-refractivity contribution >= 4 is 18.0 Å². The van der Waals surface area contributed by atoms with Crippen molar-refractivity contribution in [1.29, 1.82) is 0 Å². The summed E-state index contributed by atoms with van der Waals surface area (Å²) in [6, 6.07) is 15.8. The van der Waals surface area contributed by atoms with Gasteiger partial charge in [0.05, 0.1) is 5.41 Å². The Hall–Kier alpha value is -3.35. The van der Waals surface area contributed by atoms with Gasteiger partial charge in [0.2, 0.25) is 5.91 Å². The highest BCUT2D eigenvalue weighted by molar-refractivity contribution is 5.82. The third-order valence-corrected chi connectivity index (χ3v) is 7.13. The van der Waals surface area contributed by atoms with E-state index in [0.29, 0.717) is 6.54 Å². The first-order valence-electron chi connectivity index (χ1n) is 11.3. The van der Waals surface area contributed by atoms with Gasteiger partial charge in [-0.25, -0.2) is 4.79 Å². The van der Waals surface area contributed by atoms with E-state index < -0.39 is 23.5 Å². The van der Waals surface area contributed by atoms with E-state index >= 15 is 0 Å². The molecular formula is C26H30N2O5. The molecule has 0 aromatic heterocycles. The van der Waals surface area contributed by atoms with E-state index in [4.69, 9.17) is 4.74 Å². The van der Waals surface area contributed by atoms with Gasteiger partial charge in [-0.1, -0.05) is 55.5 Å². The van der Waals surface area contributed by atoms with Crippen LogP contribution in [0.2, 0.25) is 0 Å². The lowest BCUT2D eigenvalue weighted by molar-refractivity contribution is -0.149. The molecule has 0 bridgehead atoms. The topological polar surface area (TPSA) is 95.9 Å². The largest absolute Gasteiger partial charge is 0.481 e. The third kappa shape index (κ3) is 4.32. The van der Waals surface area contributed by atoms with Gasteiger partial charge in [0.1, 0.15) is 6.61 Å². The molecule has 1 heterocycles. The first-order valence-corrected chi connectivity index (χ1v) is 11.3. The maximum atomic E-state index is 12.7. The first kappa shape index (κ1) is 22.8. The molecule has 33 heavy (non-hydrogen) atoms. The van der Waals surface area contributed by atoms with Gasteiger partial charge in [-0.3, -0.25) is 9.59 Å². The number of carbonyl (C=O) groups is 3. The van der Waals surface area contributed by atoms with Gasteiger partial charge in [0.25, 0.3) is 0 Å². The number of carbonyl (C=O) groups excluding carboxylic acids is 2. The first-order chi connectivity index (χ1) is 15.7. The number of amides is 2. The molecule has 3 atom stereocenters. The summed E-state index contributed by atoms with van der Waals surface area (Å²) in [7, 11) is 0. The van der Waals surface area contributed by atoms with Crippen LogP contribution < -0.4 is 5.32 Å². The van der Waals surface area contributed by atoms with Gasteiger partial charge in [-0.15, -0.1) is 0 Å². The molecule has 0 radical (unpaired) electrons. The van der Waals surface area contributed by atoms with Crippen LogP contribution in [0, 0.1) is 11.3 Å². The molecule has 7 nitrogen and oxygen atoms in total. The van der Waals surface area contributed by atoms with E-state index in [9.17, 15) is 19.5 Å². The van der Waals surface area contributed by atoms with Crippen molar-refractivity contribution < 1.29 is 24.2 Å². The predicted octanol–water partition coefficient (Wildman–Crippen LogP) is 3.87. The number of likely N-dealkylation sites (tertiary alicyclic amines) is 1. The minimum atomic E-state index is -0.945. The Morgan fingerprint density at radius 2 is 1.70 bits per heavy atom. The van der Waals surface area contributed by atoms with Gasteiger partial charge in [0.15, 0.2) is 0 Å². The predicted molar refractivity (Wildman–Crippen MR) is 124 cm³/mol. The van der Waals surface area contributed by atoms with Crippen LogP contribution in [-0.4, -0.2) is 53.7 Å². The quantitative estimate of drug-likeness (QED) is 0.697. The Bertz CT molecular complexity index is 1040. The molecular weight excluding hydrogens is 420 g/mol. The molecule has 1 aliphatic heterocycles. The highest BCUT2D eigenvalue weighted by Gasteiger charge is 2.47. The maximum absolute atomic E-state index is 12.7. The van der Waals surface area contributed by atoms with Crippen molar-refractivity contribution in [3.8, 4) is 11.1 Å². The molecule has 1 fully saturated rings. The molecule has 2 aromatic carbocycles. The smallest absolute Gasteiger partial charge is 0.407 e. The Balaban J connectivity index is 1.31. The van der Waals surface area contributed by atoms with Crippen LogP contribution in [0.25, 0.3) is 11.1 Å². The molecule has 7 heteroatoms. The summed E-state index contributed by atoms with van der Waals surface area (Å²) in [6.07, 6.45) is -0.477. The van der Waals surface area contributed by atoms with Crippen LogP contribution in [0.3, 0.4) is 0 Å². The number of hydrogen-bond acceptors (Lipinski definition) is 4. The summed E-state index contributed by atoms with van der Waals surface area (Å²) in [5.74, 6) is -1.22. The second-order valence-corrected chi connectivity index (χ2v) is 9.47. The lowest BCUT2D eigenvalue weighted by Crippen LogP contribution is -2.40. The summed E-state index contributed by atoms with van der Waals surface area (Å²) in [5.41, 5.74) is 3.65. The molecule has 2 aliphatic rings. The fraction of sp³-hybridized carbons (Fsp3) is 0.423. The van der Waals surface area contributed by atoms with Crippen molar-refractivity contribution in [1.82, 2.24) is 10.2 Å². The molecule has 174 valence electrons. The molecule has 4 rings (SSSR count). The van der Waals surface area contributed by atoms with Crippen LogP contribution in [0.5, 0.6) is 0 Å². The molecule has 2 N–H and O–H groups in total. The van der Waals surface area contributed by atoms with E-state index in [1.807, 2.05) is 31.2 Å². The van der Waals surface area contributed by atoms with Crippen LogP contribution in [-0.2, 0) is 14.3 Å². The number of rotatable bonds is 6. The number of carboxylic acids is 1. The highest BCUT2D eigenvalue weighted by atomic mass is 16.5. The molecule has 1 saturated heterocycles. The number of fused-ring (bicyclic) bond motifs is 3. The number of nitrogens with zero attached hydrogens (tertiary/aromatic N) is 1. The zero-order valence-corrected chi connectivity index (χ0v) is 19.2. The number of carboxylic acid groups (broad SMARTS) is 1. The second kappa shape index (κ2) is 8.89. The number of ether oxygens (including phenoxy) is 1. The van der Waals surface area contributed by atoms with E-state index in [1.54, 1.807) is 18.7 Å². The van der Waals surface area contributed by atoms with Gasteiger partial charge >= 0.3 is 12.1 Å². The lowest BCUT2D eigenvalue weighted by atomic mass is 9.81. The summed E-state index contributed by atoms with van der Waals surface area (Å²) in [5, 5.41) is 12.2. The van der Waals surface area contributed by atoms with E-state index in [1.165, 1.54) is 0 Å². The van der Waals surface area contributed by atoms with E-state index in [2.05, 4.69) is 29.6 Å². The molecule has 2 amide bonds. The molecule has 0 spiro atoms. The third-order valence-electron chi connectivity index (χ3n) is 7.13. The van der Waals surface area contributed by atoms with Crippen LogP contribution in [0.15, 0.2) is 48.5 Å². The number of hydrogen-bond donors (Lipinski definition) is 2. The number of nitrogens with one attached hydrogen (secondary N) is 1. The normalized spacial score (nSPS) is 22.4. The fourth-order valence-electron chi connectivity index (χ4n) is 4.90. The molecule has 1 aliphatic carbocycles. The lowest BCUT2D eigenvalue weighted by Gasteiger charge is -2.23. The average molecular weight is 451 g/mol. The molecule has 2 aromatic rings. The SMILES string of the molecule is CC(CC(=O)N1C[C@@H](C)[C@](C)(C(=O)O)C1)NC(=O)OCC1c2ccccc2-c2ccccc21. The second-order valence-electron chi connectivity index (χ2n) is 9.47. The minimum absolute atomic E-state index is 0.0279. The monoisotopic (exact) mass is 450 g/mol. The Kier molecular flexibility index (Phi) is 6.15. The van der Waals surface area contributed by atoms with Crippen molar-refractivity contribution in [2.75, 3.05) is 19.7 Å². The Labute approximate surface area is 193 Å². The van der Waals surface area contributed by atoms with Gasteiger partial charge in [-0.2, -0.15) is 0 Å². The van der Waals surface area contributed by atoms with Gasteiger partial charge in [-0.05, 0) is 42.0 Å². The Morgan fingerprint density at radius 1 is 1.12 bits per heavy atom. The van der Waals surface area contributed by atoms with Crippen LogP contribution >= 0.6 is 0 Å². The number of alkyl carbamates (subject to hydrolysis) is 1. The maximum Gasteiger partial charge on any atom is 0.407 e. The van der Waals surface area contributed by atoms with Gasteiger partial charge < -0.3 is 20.1 Å². The van der Waals surface area contributed by atoms with Crippen molar-refractivity contribution in [2.45, 2.75) is 39.2 Å². The zero-order valence-electron chi connectivity index (χ0n) is 19.2.